The van der Waals surface area contributed by atoms with E-state index in [4.69, 9.17) is 0 Å². The molecule has 0 saturated heterocycles. The molecule has 4 heteroatoms. The molecule has 0 saturated carbocycles. The number of nitrogens with zero attached hydrogens (tertiary/aromatic N) is 3. The van der Waals surface area contributed by atoms with Gasteiger partial charge in [-0.15, -0.1) is 0 Å². The van der Waals surface area contributed by atoms with E-state index in [0.717, 1.165) is 29.8 Å². The number of allylic oxidation sites excluding steroid dienone is 2. The van der Waals surface area contributed by atoms with Crippen LogP contribution in [0.3, 0.4) is 0 Å². The van der Waals surface area contributed by atoms with Gasteiger partial charge in [-0.05, 0) is 44.2 Å². The van der Waals surface area contributed by atoms with Gasteiger partial charge in [0.25, 0.3) is 0 Å². The van der Waals surface area contributed by atoms with Crippen molar-refractivity contribution in [3.8, 4) is 5.82 Å². The molecular formula is C16H20N4. The highest BCUT2D eigenvalue weighted by Crippen LogP contribution is 2.19. The van der Waals surface area contributed by atoms with Crippen molar-refractivity contribution in [2.45, 2.75) is 26.2 Å². The lowest BCUT2D eigenvalue weighted by molar-refractivity contribution is 0.504. The predicted octanol–water partition coefficient (Wildman–Crippen LogP) is 3.34. The van der Waals surface area contributed by atoms with Gasteiger partial charge in [0.2, 0.25) is 0 Å². The average molecular weight is 268 g/mol. The van der Waals surface area contributed by atoms with Crippen LogP contribution in [0, 0.1) is 12.8 Å². The second kappa shape index (κ2) is 5.90. The number of hydrogen-bond donors (Lipinski definition) is 1. The topological polar surface area (TPSA) is 42.7 Å². The van der Waals surface area contributed by atoms with Crippen LogP contribution in [-0.4, -0.2) is 21.1 Å². The Balaban J connectivity index is 1.61. The van der Waals surface area contributed by atoms with E-state index in [1.54, 1.807) is 6.20 Å². The Labute approximate surface area is 119 Å². The van der Waals surface area contributed by atoms with Crippen molar-refractivity contribution in [1.82, 2.24) is 14.5 Å². The van der Waals surface area contributed by atoms with E-state index in [9.17, 15) is 0 Å². The van der Waals surface area contributed by atoms with Gasteiger partial charge in [-0.3, -0.25) is 4.57 Å². The smallest absolute Gasteiger partial charge is 0.138 e. The molecule has 2 heterocycles. The first-order valence-electron chi connectivity index (χ1n) is 7.18. The monoisotopic (exact) mass is 268 g/mol. The maximum atomic E-state index is 4.49. The predicted molar refractivity (Wildman–Crippen MR) is 81.1 cm³/mol. The van der Waals surface area contributed by atoms with Crippen molar-refractivity contribution in [3.63, 3.8) is 0 Å². The van der Waals surface area contributed by atoms with Crippen LogP contribution in [0.5, 0.6) is 0 Å². The molecule has 2 aromatic rings. The van der Waals surface area contributed by atoms with Gasteiger partial charge in [0.1, 0.15) is 11.6 Å². The number of aryl methyl sites for hydroxylation is 1. The number of imidazole rings is 1. The summed E-state index contributed by atoms with van der Waals surface area (Å²) in [6, 6.07) is 4.11. The number of nitrogens with one attached hydrogen (secondary N) is 1. The normalized spacial score (nSPS) is 18.1. The summed E-state index contributed by atoms with van der Waals surface area (Å²) in [4.78, 5) is 8.71. The Morgan fingerprint density at radius 3 is 2.90 bits per heavy atom. The first-order valence-corrected chi connectivity index (χ1v) is 7.18. The highest BCUT2D eigenvalue weighted by molar-refractivity contribution is 5.44. The Kier molecular flexibility index (Phi) is 3.81. The van der Waals surface area contributed by atoms with Crippen molar-refractivity contribution in [1.29, 1.82) is 0 Å². The molecule has 0 amide bonds. The zero-order valence-electron chi connectivity index (χ0n) is 11.8. The summed E-state index contributed by atoms with van der Waals surface area (Å²) in [6.45, 7) is 3.00. The van der Waals surface area contributed by atoms with Gasteiger partial charge in [-0.2, -0.15) is 0 Å². The summed E-state index contributed by atoms with van der Waals surface area (Å²) in [7, 11) is 0. The SMILES string of the molecule is Cc1nccn1-c1ccc(NCC2CC=CCC2)cn1. The largest absolute Gasteiger partial charge is 0.384 e. The molecule has 0 radical (unpaired) electrons. The van der Waals surface area contributed by atoms with Crippen LogP contribution in [0.15, 0.2) is 42.9 Å². The molecule has 0 aliphatic heterocycles. The van der Waals surface area contributed by atoms with Crippen molar-refractivity contribution >= 4 is 5.69 Å². The number of rotatable bonds is 4. The highest BCUT2D eigenvalue weighted by atomic mass is 15.1. The molecule has 104 valence electrons. The number of hydrogen-bond acceptors (Lipinski definition) is 3. The number of anilines is 1. The van der Waals surface area contributed by atoms with Crippen LogP contribution in [0.4, 0.5) is 5.69 Å². The lowest BCUT2D eigenvalue weighted by Gasteiger charge is -2.18. The zero-order chi connectivity index (χ0) is 13.8. The molecule has 1 aliphatic carbocycles. The minimum atomic E-state index is 0.746. The molecule has 1 aliphatic rings. The van der Waals surface area contributed by atoms with Crippen LogP contribution in [-0.2, 0) is 0 Å². The van der Waals surface area contributed by atoms with Gasteiger partial charge in [0.05, 0.1) is 11.9 Å². The van der Waals surface area contributed by atoms with E-state index >= 15 is 0 Å². The van der Waals surface area contributed by atoms with Crippen LogP contribution in [0.25, 0.3) is 5.82 Å². The lowest BCUT2D eigenvalue weighted by Crippen LogP contribution is -2.15. The fraction of sp³-hybridized carbons (Fsp3) is 0.375. The molecule has 0 spiro atoms. The first-order chi connectivity index (χ1) is 9.83. The van der Waals surface area contributed by atoms with Crippen molar-refractivity contribution in [2.75, 3.05) is 11.9 Å². The van der Waals surface area contributed by atoms with Crippen LogP contribution in [0.2, 0.25) is 0 Å². The van der Waals surface area contributed by atoms with Crippen molar-refractivity contribution in [2.24, 2.45) is 5.92 Å². The van der Waals surface area contributed by atoms with Gasteiger partial charge in [0, 0.05) is 18.9 Å². The molecule has 1 N–H and O–H groups in total. The fourth-order valence-corrected chi connectivity index (χ4v) is 2.56. The second-order valence-electron chi connectivity index (χ2n) is 5.28. The van der Waals surface area contributed by atoms with E-state index in [1.165, 1.54) is 19.3 Å². The van der Waals surface area contributed by atoms with E-state index in [2.05, 4.69) is 33.5 Å². The quantitative estimate of drug-likeness (QED) is 0.865. The molecule has 3 rings (SSSR count). The average Bonchev–Trinajstić information content (AvgIpc) is 2.93. The van der Waals surface area contributed by atoms with Gasteiger partial charge < -0.3 is 5.32 Å². The third-order valence-corrected chi connectivity index (χ3v) is 3.79. The molecule has 0 bridgehead atoms. The Bertz CT molecular complexity index is 583. The summed E-state index contributed by atoms with van der Waals surface area (Å²) in [5.41, 5.74) is 1.08. The molecule has 0 fully saturated rings. The van der Waals surface area contributed by atoms with E-state index in [-0.39, 0.29) is 0 Å². The second-order valence-corrected chi connectivity index (χ2v) is 5.28. The fourth-order valence-electron chi connectivity index (χ4n) is 2.56. The first kappa shape index (κ1) is 12.9. The standard InChI is InChI=1S/C16H20N4/c1-13-17-9-10-20(13)16-8-7-15(12-19-16)18-11-14-5-3-2-4-6-14/h2-3,7-10,12,14,18H,4-6,11H2,1H3. The number of aromatic nitrogens is 3. The van der Waals surface area contributed by atoms with E-state index in [1.807, 2.05) is 30.0 Å². The maximum Gasteiger partial charge on any atom is 0.138 e. The third kappa shape index (κ3) is 2.90. The molecule has 1 atom stereocenters. The molecular weight excluding hydrogens is 248 g/mol. The molecule has 2 aromatic heterocycles. The van der Waals surface area contributed by atoms with E-state index < -0.39 is 0 Å². The van der Waals surface area contributed by atoms with Gasteiger partial charge in [-0.1, -0.05) is 12.2 Å². The summed E-state index contributed by atoms with van der Waals surface area (Å²) in [6.07, 6.45) is 13.9. The lowest BCUT2D eigenvalue weighted by atomic mass is 9.94. The van der Waals surface area contributed by atoms with Crippen LogP contribution in [0.1, 0.15) is 25.1 Å². The van der Waals surface area contributed by atoms with Gasteiger partial charge in [-0.25, -0.2) is 9.97 Å². The summed E-state index contributed by atoms with van der Waals surface area (Å²) in [5.74, 6) is 2.61. The Morgan fingerprint density at radius 2 is 2.25 bits per heavy atom. The van der Waals surface area contributed by atoms with Crippen molar-refractivity contribution in [3.05, 3.63) is 48.7 Å². The zero-order valence-corrected chi connectivity index (χ0v) is 11.8. The minimum absolute atomic E-state index is 0.746. The highest BCUT2D eigenvalue weighted by Gasteiger charge is 2.09. The van der Waals surface area contributed by atoms with Gasteiger partial charge in [0.15, 0.2) is 0 Å². The van der Waals surface area contributed by atoms with Crippen LogP contribution >= 0.6 is 0 Å². The molecule has 0 aromatic carbocycles. The number of pyridine rings is 1. The third-order valence-electron chi connectivity index (χ3n) is 3.79. The molecule has 1 unspecified atom stereocenters. The molecule has 4 nitrogen and oxygen atoms in total. The summed E-state index contributed by atoms with van der Waals surface area (Å²) >= 11 is 0. The summed E-state index contributed by atoms with van der Waals surface area (Å²) < 4.78 is 1.98. The molecule has 20 heavy (non-hydrogen) atoms. The minimum Gasteiger partial charge on any atom is -0.384 e. The maximum absolute atomic E-state index is 4.49. The Hall–Kier alpha value is -2.10. The van der Waals surface area contributed by atoms with E-state index in [0.29, 0.717) is 0 Å². The summed E-state index contributed by atoms with van der Waals surface area (Å²) in [5, 5.41) is 3.48. The Morgan fingerprint density at radius 1 is 1.30 bits per heavy atom. The van der Waals surface area contributed by atoms with Gasteiger partial charge >= 0.3 is 0 Å². The van der Waals surface area contributed by atoms with Crippen LogP contribution < -0.4 is 5.32 Å². The van der Waals surface area contributed by atoms with Crippen molar-refractivity contribution < 1.29 is 0 Å².